The number of carbonyl (C=O) groups excluding carboxylic acids is 1. The van der Waals surface area contributed by atoms with E-state index in [1.54, 1.807) is 25.3 Å². The summed E-state index contributed by atoms with van der Waals surface area (Å²) in [5.74, 6) is -0.118. The predicted octanol–water partition coefficient (Wildman–Crippen LogP) is 6.10. The third-order valence-electron chi connectivity index (χ3n) is 4.15. The van der Waals surface area contributed by atoms with Crippen LogP contribution in [-0.2, 0) is 6.61 Å². The molecule has 3 aromatic rings. The van der Waals surface area contributed by atoms with Crippen LogP contribution in [-0.4, -0.2) is 12.9 Å². The van der Waals surface area contributed by atoms with Crippen molar-refractivity contribution in [1.82, 2.24) is 0 Å². The summed E-state index contributed by atoms with van der Waals surface area (Å²) in [6.07, 6.45) is 3.07. The monoisotopic (exact) mass is 414 g/mol. The number of rotatable bonds is 7. The standard InChI is InChI=1S/C23H17ClF2O3/c1-28-23-11-3-15(2-10-22(27)16-4-6-18(25)7-5-16)12-17(23)14-29-19-8-9-21(26)20(24)13-19/h2-13H,14H2,1H3/b10-2+. The Bertz CT molecular complexity index is 1050. The first-order chi connectivity index (χ1) is 14.0. The lowest BCUT2D eigenvalue weighted by Crippen LogP contribution is -2.00. The average molecular weight is 415 g/mol. The zero-order valence-corrected chi connectivity index (χ0v) is 16.2. The highest BCUT2D eigenvalue weighted by Crippen LogP contribution is 2.25. The number of carbonyl (C=O) groups is 1. The number of ether oxygens (including phenoxy) is 2. The molecule has 148 valence electrons. The highest BCUT2D eigenvalue weighted by atomic mass is 35.5. The topological polar surface area (TPSA) is 35.5 Å². The van der Waals surface area contributed by atoms with Gasteiger partial charge in [-0.15, -0.1) is 0 Å². The molecule has 0 saturated carbocycles. The van der Waals surface area contributed by atoms with Crippen molar-refractivity contribution in [3.63, 3.8) is 0 Å². The molecule has 0 aliphatic rings. The molecule has 0 aromatic heterocycles. The van der Waals surface area contributed by atoms with Crippen molar-refractivity contribution in [2.24, 2.45) is 0 Å². The van der Waals surface area contributed by atoms with Crippen molar-refractivity contribution in [3.05, 3.63) is 100 Å². The van der Waals surface area contributed by atoms with Gasteiger partial charge in [0, 0.05) is 17.2 Å². The van der Waals surface area contributed by atoms with Crippen LogP contribution in [0.1, 0.15) is 21.5 Å². The Morgan fingerprint density at radius 3 is 2.48 bits per heavy atom. The van der Waals surface area contributed by atoms with Gasteiger partial charge in [0.15, 0.2) is 5.78 Å². The Kier molecular flexibility index (Phi) is 6.62. The second-order valence-electron chi connectivity index (χ2n) is 6.14. The largest absolute Gasteiger partial charge is 0.496 e. The Hall–Kier alpha value is -3.18. The predicted molar refractivity (Wildman–Crippen MR) is 109 cm³/mol. The highest BCUT2D eigenvalue weighted by molar-refractivity contribution is 6.30. The molecule has 0 heterocycles. The van der Waals surface area contributed by atoms with Crippen molar-refractivity contribution in [1.29, 1.82) is 0 Å². The maximum absolute atomic E-state index is 13.3. The molecular formula is C23H17ClF2O3. The number of methoxy groups -OCH3 is 1. The van der Waals surface area contributed by atoms with E-state index in [4.69, 9.17) is 21.1 Å². The van der Waals surface area contributed by atoms with Gasteiger partial charge in [0.1, 0.15) is 29.7 Å². The van der Waals surface area contributed by atoms with E-state index < -0.39 is 11.6 Å². The molecule has 0 unspecified atom stereocenters. The first-order valence-corrected chi connectivity index (χ1v) is 9.07. The third kappa shape index (κ3) is 5.42. The normalized spacial score (nSPS) is 10.9. The second kappa shape index (κ2) is 9.34. The summed E-state index contributed by atoms with van der Waals surface area (Å²) < 4.78 is 37.3. The van der Waals surface area contributed by atoms with Crippen molar-refractivity contribution in [2.45, 2.75) is 6.61 Å². The molecule has 0 aliphatic carbocycles. The van der Waals surface area contributed by atoms with Gasteiger partial charge in [-0.3, -0.25) is 4.79 Å². The summed E-state index contributed by atoms with van der Waals surface area (Å²) in [4.78, 5) is 12.2. The Morgan fingerprint density at radius 2 is 1.79 bits per heavy atom. The van der Waals surface area contributed by atoms with Crippen LogP contribution in [0, 0.1) is 11.6 Å². The summed E-state index contributed by atoms with van der Waals surface area (Å²) in [6.45, 7) is 0.165. The Labute approximate surface area is 172 Å². The fourth-order valence-electron chi connectivity index (χ4n) is 2.62. The fraction of sp³-hybridized carbons (Fsp3) is 0.0870. The maximum Gasteiger partial charge on any atom is 0.185 e. The fourth-order valence-corrected chi connectivity index (χ4v) is 2.80. The minimum Gasteiger partial charge on any atom is -0.496 e. The van der Waals surface area contributed by atoms with E-state index in [9.17, 15) is 13.6 Å². The van der Waals surface area contributed by atoms with E-state index in [-0.39, 0.29) is 17.4 Å². The molecule has 0 amide bonds. The lowest BCUT2D eigenvalue weighted by atomic mass is 10.1. The molecule has 0 N–H and O–H groups in total. The molecule has 3 nitrogen and oxygen atoms in total. The minimum absolute atomic E-state index is 0.0227. The van der Waals surface area contributed by atoms with Crippen molar-refractivity contribution >= 4 is 23.5 Å². The first-order valence-electron chi connectivity index (χ1n) is 8.69. The van der Waals surface area contributed by atoms with Crippen LogP contribution in [0.5, 0.6) is 11.5 Å². The van der Waals surface area contributed by atoms with E-state index >= 15 is 0 Å². The smallest absolute Gasteiger partial charge is 0.185 e. The maximum atomic E-state index is 13.3. The Morgan fingerprint density at radius 1 is 1.03 bits per heavy atom. The van der Waals surface area contributed by atoms with Gasteiger partial charge in [0.25, 0.3) is 0 Å². The van der Waals surface area contributed by atoms with Gasteiger partial charge in [-0.05, 0) is 60.2 Å². The van der Waals surface area contributed by atoms with Crippen LogP contribution in [0.4, 0.5) is 8.78 Å². The highest BCUT2D eigenvalue weighted by Gasteiger charge is 2.08. The summed E-state index contributed by atoms with van der Waals surface area (Å²) in [7, 11) is 1.54. The molecular weight excluding hydrogens is 398 g/mol. The molecule has 0 spiro atoms. The van der Waals surface area contributed by atoms with Crippen LogP contribution in [0.15, 0.2) is 66.7 Å². The van der Waals surface area contributed by atoms with Gasteiger partial charge >= 0.3 is 0 Å². The lowest BCUT2D eigenvalue weighted by molar-refractivity contribution is 0.104. The number of ketones is 1. The van der Waals surface area contributed by atoms with Crippen LogP contribution in [0.2, 0.25) is 5.02 Å². The molecule has 29 heavy (non-hydrogen) atoms. The summed E-state index contributed by atoms with van der Waals surface area (Å²) >= 11 is 5.77. The zero-order chi connectivity index (χ0) is 20.8. The van der Waals surface area contributed by atoms with Crippen molar-refractivity contribution in [3.8, 4) is 11.5 Å². The summed E-state index contributed by atoms with van der Waals surface area (Å²) in [5, 5.41) is -0.0227. The molecule has 0 fully saturated rings. The van der Waals surface area contributed by atoms with Gasteiger partial charge in [0.05, 0.1) is 12.1 Å². The van der Waals surface area contributed by atoms with E-state index in [0.717, 1.165) is 11.1 Å². The van der Waals surface area contributed by atoms with Gasteiger partial charge in [-0.1, -0.05) is 23.7 Å². The molecule has 0 radical (unpaired) electrons. The number of allylic oxidation sites excluding steroid dienone is 1. The van der Waals surface area contributed by atoms with Gasteiger partial charge in [-0.2, -0.15) is 0 Å². The van der Waals surface area contributed by atoms with Crippen molar-refractivity contribution < 1.29 is 23.0 Å². The quantitative estimate of drug-likeness (QED) is 0.346. The van der Waals surface area contributed by atoms with Gasteiger partial charge in [-0.25, -0.2) is 8.78 Å². The van der Waals surface area contributed by atoms with Crippen molar-refractivity contribution in [2.75, 3.05) is 7.11 Å². The SMILES string of the molecule is COc1ccc(/C=C/C(=O)c2ccc(F)cc2)cc1COc1ccc(F)c(Cl)c1. The summed E-state index contributed by atoms with van der Waals surface area (Å²) in [6, 6.07) is 14.8. The molecule has 6 heteroatoms. The minimum atomic E-state index is -0.519. The molecule has 3 rings (SSSR count). The van der Waals surface area contributed by atoms with E-state index in [1.165, 1.54) is 48.5 Å². The molecule has 0 aliphatic heterocycles. The number of benzene rings is 3. The molecule has 0 bridgehead atoms. The average Bonchev–Trinajstić information content (AvgIpc) is 2.73. The third-order valence-corrected chi connectivity index (χ3v) is 4.44. The van der Waals surface area contributed by atoms with Crippen LogP contribution >= 0.6 is 11.6 Å². The lowest BCUT2D eigenvalue weighted by Gasteiger charge is -2.11. The van der Waals surface area contributed by atoms with Crippen LogP contribution in [0.25, 0.3) is 6.08 Å². The number of hydrogen-bond donors (Lipinski definition) is 0. The summed E-state index contributed by atoms with van der Waals surface area (Å²) in [5.41, 5.74) is 1.90. The number of hydrogen-bond acceptors (Lipinski definition) is 3. The second-order valence-corrected chi connectivity index (χ2v) is 6.55. The van der Waals surface area contributed by atoms with E-state index in [1.807, 2.05) is 6.07 Å². The number of halogens is 3. The zero-order valence-electron chi connectivity index (χ0n) is 15.5. The Balaban J connectivity index is 1.74. The van der Waals surface area contributed by atoms with Crippen LogP contribution in [0.3, 0.4) is 0 Å². The van der Waals surface area contributed by atoms with E-state index in [0.29, 0.717) is 17.1 Å². The molecule has 0 saturated heterocycles. The first kappa shape index (κ1) is 20.6. The molecule has 3 aromatic carbocycles. The van der Waals surface area contributed by atoms with Gasteiger partial charge < -0.3 is 9.47 Å². The van der Waals surface area contributed by atoms with Gasteiger partial charge in [0.2, 0.25) is 0 Å². The van der Waals surface area contributed by atoms with Crippen LogP contribution < -0.4 is 9.47 Å². The van der Waals surface area contributed by atoms with E-state index in [2.05, 4.69) is 0 Å². The molecule has 0 atom stereocenters.